The van der Waals surface area contributed by atoms with Gasteiger partial charge in [0.1, 0.15) is 5.75 Å². The molecule has 0 bridgehead atoms. The number of hydrogen-bond donors (Lipinski definition) is 1. The molecule has 2 rings (SSSR count). The van der Waals surface area contributed by atoms with Gasteiger partial charge in [-0.3, -0.25) is 0 Å². The van der Waals surface area contributed by atoms with E-state index in [-0.39, 0.29) is 12.1 Å². The Morgan fingerprint density at radius 1 is 1.00 bits per heavy atom. The van der Waals surface area contributed by atoms with E-state index in [2.05, 4.69) is 58.5 Å². The van der Waals surface area contributed by atoms with Gasteiger partial charge in [-0.2, -0.15) is 0 Å². The zero-order valence-electron chi connectivity index (χ0n) is 13.0. The minimum atomic E-state index is 0.185. The SMILES string of the molecule is CNC(c1ccc(OC(C)C)cc1)c1ccc(Br)c(C)c1. The Bertz CT molecular complexity index is 593. The van der Waals surface area contributed by atoms with Crippen molar-refractivity contribution < 1.29 is 4.74 Å². The van der Waals surface area contributed by atoms with Gasteiger partial charge in [-0.25, -0.2) is 0 Å². The van der Waals surface area contributed by atoms with E-state index in [0.29, 0.717) is 0 Å². The molecular formula is C18H22BrNO. The monoisotopic (exact) mass is 347 g/mol. The largest absolute Gasteiger partial charge is 0.491 e. The first kappa shape index (κ1) is 16.1. The van der Waals surface area contributed by atoms with Crippen LogP contribution in [-0.2, 0) is 0 Å². The maximum Gasteiger partial charge on any atom is 0.119 e. The minimum Gasteiger partial charge on any atom is -0.491 e. The third kappa shape index (κ3) is 4.08. The molecule has 0 saturated heterocycles. The Morgan fingerprint density at radius 3 is 2.14 bits per heavy atom. The van der Waals surface area contributed by atoms with E-state index < -0.39 is 0 Å². The first-order valence-electron chi connectivity index (χ1n) is 7.21. The van der Waals surface area contributed by atoms with Crippen LogP contribution in [0.5, 0.6) is 5.75 Å². The van der Waals surface area contributed by atoms with E-state index in [9.17, 15) is 0 Å². The first-order chi connectivity index (χ1) is 10.0. The molecule has 21 heavy (non-hydrogen) atoms. The summed E-state index contributed by atoms with van der Waals surface area (Å²) in [5, 5.41) is 3.39. The standard InChI is InChI=1S/C18H22BrNO/c1-12(2)21-16-8-5-14(6-9-16)18(20-4)15-7-10-17(19)13(3)11-15/h5-12,18,20H,1-4H3. The van der Waals surface area contributed by atoms with E-state index in [1.54, 1.807) is 0 Å². The predicted octanol–water partition coefficient (Wildman–Crippen LogP) is 4.85. The van der Waals surface area contributed by atoms with Crippen LogP contribution >= 0.6 is 15.9 Å². The second kappa shape index (κ2) is 7.10. The fourth-order valence-electron chi connectivity index (χ4n) is 2.38. The van der Waals surface area contributed by atoms with Crippen molar-refractivity contribution in [1.82, 2.24) is 5.32 Å². The lowest BCUT2D eigenvalue weighted by atomic mass is 9.97. The number of hydrogen-bond acceptors (Lipinski definition) is 2. The quantitative estimate of drug-likeness (QED) is 0.834. The van der Waals surface area contributed by atoms with Crippen molar-refractivity contribution >= 4 is 15.9 Å². The molecule has 0 aliphatic carbocycles. The highest BCUT2D eigenvalue weighted by molar-refractivity contribution is 9.10. The van der Waals surface area contributed by atoms with E-state index in [4.69, 9.17) is 4.74 Å². The lowest BCUT2D eigenvalue weighted by Gasteiger charge is -2.19. The lowest BCUT2D eigenvalue weighted by molar-refractivity contribution is 0.242. The van der Waals surface area contributed by atoms with Crippen molar-refractivity contribution in [2.45, 2.75) is 32.9 Å². The molecule has 1 unspecified atom stereocenters. The smallest absolute Gasteiger partial charge is 0.119 e. The van der Waals surface area contributed by atoms with Crippen LogP contribution in [-0.4, -0.2) is 13.2 Å². The average molecular weight is 348 g/mol. The van der Waals surface area contributed by atoms with Crippen LogP contribution in [0.2, 0.25) is 0 Å². The van der Waals surface area contributed by atoms with Gasteiger partial charge in [0.25, 0.3) is 0 Å². The summed E-state index contributed by atoms with van der Waals surface area (Å²) in [6.07, 6.45) is 0.199. The summed E-state index contributed by atoms with van der Waals surface area (Å²) >= 11 is 3.55. The van der Waals surface area contributed by atoms with Gasteiger partial charge in [0, 0.05) is 4.47 Å². The molecule has 1 N–H and O–H groups in total. The molecule has 2 aromatic carbocycles. The molecule has 0 spiro atoms. The zero-order valence-corrected chi connectivity index (χ0v) is 14.6. The third-order valence-electron chi connectivity index (χ3n) is 3.39. The van der Waals surface area contributed by atoms with Crippen LogP contribution < -0.4 is 10.1 Å². The van der Waals surface area contributed by atoms with Crippen LogP contribution in [0.15, 0.2) is 46.9 Å². The Balaban J connectivity index is 2.26. The van der Waals surface area contributed by atoms with E-state index in [1.807, 2.05) is 33.0 Å². The Hall–Kier alpha value is -1.32. The second-order valence-electron chi connectivity index (χ2n) is 5.47. The summed E-state index contributed by atoms with van der Waals surface area (Å²) in [5.41, 5.74) is 3.73. The molecule has 0 amide bonds. The van der Waals surface area contributed by atoms with Gasteiger partial charge in [0.05, 0.1) is 12.1 Å². The van der Waals surface area contributed by atoms with Crippen LogP contribution in [0.1, 0.15) is 36.6 Å². The number of rotatable bonds is 5. The van der Waals surface area contributed by atoms with Crippen LogP contribution in [0.4, 0.5) is 0 Å². The third-order valence-corrected chi connectivity index (χ3v) is 4.28. The van der Waals surface area contributed by atoms with Crippen molar-refractivity contribution in [1.29, 1.82) is 0 Å². The Kier molecular flexibility index (Phi) is 5.43. The normalized spacial score (nSPS) is 12.5. The molecule has 2 nitrogen and oxygen atoms in total. The first-order valence-corrected chi connectivity index (χ1v) is 8.00. The van der Waals surface area contributed by atoms with E-state index in [0.717, 1.165) is 10.2 Å². The summed E-state index contributed by atoms with van der Waals surface area (Å²) in [7, 11) is 1.99. The van der Waals surface area contributed by atoms with Gasteiger partial charge < -0.3 is 10.1 Å². The van der Waals surface area contributed by atoms with Gasteiger partial charge in [-0.15, -0.1) is 0 Å². The summed E-state index contributed by atoms with van der Waals surface area (Å²) in [5.74, 6) is 0.913. The highest BCUT2D eigenvalue weighted by Crippen LogP contribution is 2.27. The van der Waals surface area contributed by atoms with Gasteiger partial charge in [-0.1, -0.05) is 40.2 Å². The van der Waals surface area contributed by atoms with Gasteiger partial charge in [0.15, 0.2) is 0 Å². The van der Waals surface area contributed by atoms with Crippen LogP contribution in [0.25, 0.3) is 0 Å². The molecule has 0 aliphatic heterocycles. The van der Waals surface area contributed by atoms with E-state index >= 15 is 0 Å². The van der Waals surface area contributed by atoms with Crippen molar-refractivity contribution in [2.24, 2.45) is 0 Å². The summed E-state index contributed by atoms with van der Waals surface area (Å²) in [4.78, 5) is 0. The van der Waals surface area contributed by atoms with Crippen molar-refractivity contribution in [3.05, 3.63) is 63.6 Å². The number of benzene rings is 2. The molecule has 0 saturated carbocycles. The fraction of sp³-hybridized carbons (Fsp3) is 0.333. The minimum absolute atomic E-state index is 0.185. The van der Waals surface area contributed by atoms with Crippen LogP contribution in [0.3, 0.4) is 0 Å². The van der Waals surface area contributed by atoms with Crippen molar-refractivity contribution in [3.63, 3.8) is 0 Å². The molecule has 1 atom stereocenters. The number of halogens is 1. The zero-order chi connectivity index (χ0) is 15.4. The highest BCUT2D eigenvalue weighted by atomic mass is 79.9. The molecule has 0 fully saturated rings. The number of nitrogens with one attached hydrogen (secondary N) is 1. The second-order valence-corrected chi connectivity index (χ2v) is 6.32. The molecule has 2 aromatic rings. The molecular weight excluding hydrogens is 326 g/mol. The summed E-state index contributed by atoms with van der Waals surface area (Å²) in [6, 6.07) is 15.0. The summed E-state index contributed by atoms with van der Waals surface area (Å²) in [6.45, 7) is 6.18. The van der Waals surface area contributed by atoms with Crippen molar-refractivity contribution in [3.8, 4) is 5.75 Å². The number of aryl methyl sites for hydroxylation is 1. The van der Waals surface area contributed by atoms with Crippen molar-refractivity contribution in [2.75, 3.05) is 7.05 Å². The lowest BCUT2D eigenvalue weighted by Crippen LogP contribution is -2.17. The maximum atomic E-state index is 5.70. The van der Waals surface area contributed by atoms with Crippen LogP contribution in [0, 0.1) is 6.92 Å². The van der Waals surface area contributed by atoms with Gasteiger partial charge in [-0.05, 0) is 62.7 Å². The molecule has 0 aromatic heterocycles. The maximum absolute atomic E-state index is 5.70. The molecule has 0 heterocycles. The molecule has 3 heteroatoms. The Labute approximate surface area is 135 Å². The molecule has 0 radical (unpaired) electrons. The molecule has 112 valence electrons. The average Bonchev–Trinajstić information content (AvgIpc) is 2.45. The Morgan fingerprint density at radius 2 is 1.62 bits per heavy atom. The number of ether oxygens (including phenoxy) is 1. The molecule has 0 aliphatic rings. The highest BCUT2D eigenvalue weighted by Gasteiger charge is 2.13. The fourth-order valence-corrected chi connectivity index (χ4v) is 2.63. The predicted molar refractivity (Wildman–Crippen MR) is 92.0 cm³/mol. The van der Waals surface area contributed by atoms with E-state index in [1.165, 1.54) is 16.7 Å². The topological polar surface area (TPSA) is 21.3 Å². The van der Waals surface area contributed by atoms with Gasteiger partial charge in [0.2, 0.25) is 0 Å². The van der Waals surface area contributed by atoms with Gasteiger partial charge >= 0.3 is 0 Å². The summed E-state index contributed by atoms with van der Waals surface area (Å²) < 4.78 is 6.84.